The smallest absolute Gasteiger partial charge is 0.320 e. The maximum atomic E-state index is 13.4. The zero-order valence-electron chi connectivity index (χ0n) is 34.9. The lowest BCUT2D eigenvalue weighted by molar-refractivity contribution is 0.189. The lowest BCUT2D eigenvalue weighted by Crippen LogP contribution is -2.32. The molecule has 2 aliphatic rings. The van der Waals surface area contributed by atoms with Crippen molar-refractivity contribution in [2.45, 2.75) is 49.9 Å². The lowest BCUT2D eigenvalue weighted by Gasteiger charge is -2.21. The molecule has 0 saturated carbocycles. The van der Waals surface area contributed by atoms with Gasteiger partial charge in [-0.3, -0.25) is 9.97 Å². The normalized spacial score (nSPS) is 13.5. The minimum Gasteiger partial charge on any atom is -0.336 e. The molecule has 8 nitrogen and oxygen atoms in total. The molecule has 328 valence electrons. The molecule has 2 fully saturated rings. The molecule has 2 aromatic heterocycles. The summed E-state index contributed by atoms with van der Waals surface area (Å²) in [6, 6.07) is 37.2. The Hall–Kier alpha value is -6.27. The standard InChI is InChI=1S/C25H25F2N3O.C19H20F2N2O.C6H6ClN/c26-21-10-6-19(7-11-21)24(20-8-12-22(27)13-9-20)5-3-15-29-16-17-30(25(29)31)18-23-4-1-2-14-28-23;20-16-7-3-14(4-8-16)18(15-5-9-17(21)10-6-15)2-1-12-23-13-11-22-19(23)24;7-5-6-3-1-2-4-8-6/h1-2,4,6-14,24H,3,5,15-18H2;3-10,18H,1-2,11-13H2,(H,22,24);1-4H,5H2. The van der Waals surface area contributed by atoms with Crippen LogP contribution in [-0.4, -0.2) is 76.0 Å². The number of carbonyl (C=O) groups excluding carboxylic acids is 2. The van der Waals surface area contributed by atoms with Gasteiger partial charge in [0, 0.05) is 63.5 Å². The Morgan fingerprint density at radius 1 is 0.524 bits per heavy atom. The lowest BCUT2D eigenvalue weighted by atomic mass is 9.87. The van der Waals surface area contributed by atoms with Gasteiger partial charge in [0.1, 0.15) is 23.3 Å². The van der Waals surface area contributed by atoms with Crippen LogP contribution in [0.1, 0.15) is 71.2 Å². The van der Waals surface area contributed by atoms with Gasteiger partial charge in [0.25, 0.3) is 0 Å². The van der Waals surface area contributed by atoms with Gasteiger partial charge in [-0.15, -0.1) is 11.6 Å². The van der Waals surface area contributed by atoms with E-state index in [2.05, 4.69) is 15.3 Å². The quantitative estimate of drug-likeness (QED) is 0.0823. The third-order valence-electron chi connectivity index (χ3n) is 11.0. The molecule has 0 bridgehead atoms. The van der Waals surface area contributed by atoms with Crippen molar-refractivity contribution < 1.29 is 27.2 Å². The van der Waals surface area contributed by atoms with Crippen molar-refractivity contribution >= 4 is 23.7 Å². The Morgan fingerprint density at radius 2 is 0.937 bits per heavy atom. The SMILES string of the molecule is ClCc1ccccn1.O=C1N(CCCC(c2ccc(F)cc2)c2ccc(F)cc2)CCN1Cc1ccccn1.O=C1NCCN1CCCC(c1ccc(F)cc1)c1ccc(F)cc1. The topological polar surface area (TPSA) is 81.7 Å². The fraction of sp³-hybridized carbons (Fsp3) is 0.280. The number of rotatable bonds is 15. The van der Waals surface area contributed by atoms with Crippen LogP contribution in [0.3, 0.4) is 0 Å². The van der Waals surface area contributed by atoms with Gasteiger partial charge in [-0.05, 0) is 121 Å². The molecular weight excluding hydrogens is 828 g/mol. The number of carbonyl (C=O) groups is 2. The van der Waals surface area contributed by atoms with Crippen LogP contribution in [0, 0.1) is 23.3 Å². The molecule has 0 spiro atoms. The largest absolute Gasteiger partial charge is 0.336 e. The maximum absolute atomic E-state index is 13.4. The van der Waals surface area contributed by atoms with Crippen LogP contribution >= 0.6 is 11.6 Å². The summed E-state index contributed by atoms with van der Waals surface area (Å²) in [5.74, 6) is -0.536. The van der Waals surface area contributed by atoms with Crippen molar-refractivity contribution in [1.29, 1.82) is 0 Å². The molecule has 1 N–H and O–H groups in total. The molecule has 0 radical (unpaired) electrons. The summed E-state index contributed by atoms with van der Waals surface area (Å²) in [5, 5.41) is 2.79. The van der Waals surface area contributed by atoms with E-state index >= 15 is 0 Å². The summed E-state index contributed by atoms with van der Waals surface area (Å²) < 4.78 is 53.2. The number of pyridine rings is 2. The fourth-order valence-corrected chi connectivity index (χ4v) is 7.84. The molecule has 0 atom stereocenters. The summed E-state index contributed by atoms with van der Waals surface area (Å²) >= 11 is 5.46. The van der Waals surface area contributed by atoms with Crippen LogP contribution in [0.2, 0.25) is 0 Å². The highest BCUT2D eigenvalue weighted by atomic mass is 35.5. The summed E-state index contributed by atoms with van der Waals surface area (Å²) in [6.45, 7) is 4.66. The van der Waals surface area contributed by atoms with Crippen LogP contribution in [-0.2, 0) is 12.4 Å². The molecule has 13 heteroatoms. The fourth-order valence-electron chi connectivity index (χ4n) is 7.68. The number of nitrogens with one attached hydrogen (secondary N) is 1. The third kappa shape index (κ3) is 14.1. The van der Waals surface area contributed by atoms with Crippen molar-refractivity contribution in [1.82, 2.24) is 30.0 Å². The number of amides is 4. The molecule has 0 aliphatic carbocycles. The van der Waals surface area contributed by atoms with Gasteiger partial charge in [-0.1, -0.05) is 60.7 Å². The van der Waals surface area contributed by atoms with Crippen LogP contribution in [0.4, 0.5) is 27.2 Å². The van der Waals surface area contributed by atoms with E-state index in [1.54, 1.807) is 65.8 Å². The highest BCUT2D eigenvalue weighted by Crippen LogP contribution is 2.31. The molecule has 2 saturated heterocycles. The zero-order chi connectivity index (χ0) is 44.4. The summed E-state index contributed by atoms with van der Waals surface area (Å²) in [4.78, 5) is 38.1. The van der Waals surface area contributed by atoms with Crippen molar-refractivity contribution in [3.8, 4) is 0 Å². The molecule has 8 rings (SSSR count). The average Bonchev–Trinajstić information content (AvgIpc) is 3.89. The second-order valence-electron chi connectivity index (χ2n) is 15.3. The van der Waals surface area contributed by atoms with Gasteiger partial charge >= 0.3 is 12.1 Å². The molecule has 4 aromatic carbocycles. The van der Waals surface area contributed by atoms with E-state index in [1.807, 2.05) is 46.2 Å². The minimum absolute atomic E-state index is 0.0172. The molecule has 0 unspecified atom stereocenters. The third-order valence-corrected chi connectivity index (χ3v) is 11.3. The molecule has 6 aromatic rings. The molecule has 4 heterocycles. The van der Waals surface area contributed by atoms with Gasteiger partial charge in [0.2, 0.25) is 0 Å². The van der Waals surface area contributed by atoms with Crippen LogP contribution in [0.25, 0.3) is 0 Å². The van der Waals surface area contributed by atoms with Crippen molar-refractivity contribution in [2.24, 2.45) is 0 Å². The Kier molecular flexibility index (Phi) is 17.5. The highest BCUT2D eigenvalue weighted by molar-refractivity contribution is 6.16. The zero-order valence-corrected chi connectivity index (χ0v) is 35.7. The van der Waals surface area contributed by atoms with Gasteiger partial charge < -0.3 is 20.0 Å². The van der Waals surface area contributed by atoms with Gasteiger partial charge in [0.05, 0.1) is 23.8 Å². The van der Waals surface area contributed by atoms with Crippen molar-refractivity contribution in [3.05, 3.63) is 203 Å². The number of urea groups is 2. The second-order valence-corrected chi connectivity index (χ2v) is 15.5. The number of benzene rings is 4. The number of halogens is 5. The first-order valence-electron chi connectivity index (χ1n) is 21.1. The number of hydrogen-bond donors (Lipinski definition) is 1. The monoisotopic (exact) mass is 878 g/mol. The highest BCUT2D eigenvalue weighted by Gasteiger charge is 2.28. The van der Waals surface area contributed by atoms with E-state index in [4.69, 9.17) is 11.6 Å². The van der Waals surface area contributed by atoms with Gasteiger partial charge in [0.15, 0.2) is 0 Å². The van der Waals surface area contributed by atoms with E-state index < -0.39 is 0 Å². The Balaban J connectivity index is 0.000000182. The van der Waals surface area contributed by atoms with Crippen LogP contribution in [0.15, 0.2) is 146 Å². The van der Waals surface area contributed by atoms with Crippen molar-refractivity contribution in [2.75, 3.05) is 39.3 Å². The van der Waals surface area contributed by atoms with E-state index in [9.17, 15) is 27.2 Å². The maximum Gasteiger partial charge on any atom is 0.320 e. The van der Waals surface area contributed by atoms with Crippen molar-refractivity contribution in [3.63, 3.8) is 0 Å². The second kappa shape index (κ2) is 23.8. The predicted octanol–water partition coefficient (Wildman–Crippen LogP) is 10.9. The summed E-state index contributed by atoms with van der Waals surface area (Å²) in [7, 11) is 0. The van der Waals surface area contributed by atoms with E-state index in [1.165, 1.54) is 48.5 Å². The molecule has 2 aliphatic heterocycles. The Labute approximate surface area is 371 Å². The van der Waals surface area contributed by atoms with Gasteiger partial charge in [-0.2, -0.15) is 0 Å². The Morgan fingerprint density at radius 3 is 1.30 bits per heavy atom. The average molecular weight is 879 g/mol. The first-order chi connectivity index (χ1) is 30.7. The predicted molar refractivity (Wildman–Crippen MR) is 238 cm³/mol. The summed E-state index contributed by atoms with van der Waals surface area (Å²) in [5.41, 5.74) is 5.76. The number of hydrogen-bond acceptors (Lipinski definition) is 4. The van der Waals surface area contributed by atoms with E-state index in [-0.39, 0.29) is 47.2 Å². The van der Waals surface area contributed by atoms with Crippen LogP contribution < -0.4 is 5.32 Å². The first-order valence-corrected chi connectivity index (χ1v) is 21.6. The number of alkyl halides is 1. The molecule has 4 amide bonds. The molecular formula is C50H51ClF4N6O2. The number of aromatic nitrogens is 2. The summed E-state index contributed by atoms with van der Waals surface area (Å²) in [6.07, 6.45) is 6.67. The minimum atomic E-state index is -0.280. The van der Waals surface area contributed by atoms with E-state index in [0.29, 0.717) is 45.1 Å². The van der Waals surface area contributed by atoms with E-state index in [0.717, 1.165) is 65.9 Å². The molecule has 63 heavy (non-hydrogen) atoms. The first kappa shape index (κ1) is 46.2. The Bertz CT molecular complexity index is 2200. The number of nitrogens with zero attached hydrogens (tertiary/aromatic N) is 5. The van der Waals surface area contributed by atoms with Crippen LogP contribution in [0.5, 0.6) is 0 Å². The van der Waals surface area contributed by atoms with Gasteiger partial charge in [-0.25, -0.2) is 27.2 Å².